The zero-order valence-corrected chi connectivity index (χ0v) is 18.5. The lowest BCUT2D eigenvalue weighted by atomic mass is 10.0. The number of nitrogens with zero attached hydrogens (tertiary/aromatic N) is 4. The average molecular weight is 433 g/mol. The van der Waals surface area contributed by atoms with Gasteiger partial charge in [-0.25, -0.2) is 9.97 Å². The minimum absolute atomic E-state index is 0.00743. The Morgan fingerprint density at radius 1 is 1.10 bits per heavy atom. The average Bonchev–Trinajstić information content (AvgIpc) is 3.35. The molecule has 7 heteroatoms. The van der Waals surface area contributed by atoms with Gasteiger partial charge in [0.15, 0.2) is 5.16 Å². The van der Waals surface area contributed by atoms with Gasteiger partial charge in [0.05, 0.1) is 11.1 Å². The molecule has 0 saturated carbocycles. The van der Waals surface area contributed by atoms with E-state index in [1.807, 2.05) is 40.4 Å². The van der Waals surface area contributed by atoms with E-state index < -0.39 is 0 Å². The van der Waals surface area contributed by atoms with Crippen molar-refractivity contribution in [3.63, 3.8) is 0 Å². The van der Waals surface area contributed by atoms with Crippen molar-refractivity contribution in [2.45, 2.75) is 24.8 Å². The van der Waals surface area contributed by atoms with E-state index in [4.69, 9.17) is 4.98 Å². The standard InChI is InChI=1S/C23H20N4OS2/c1-14-7-8-16(10-15(14)2)18-13-29-21-20(18)22(28)26(3)23(25-21)30-12-17-11-27-9-5-4-6-19(27)24-17/h4-11,13H,12H2,1-3H3. The number of benzene rings is 1. The van der Waals surface area contributed by atoms with Crippen molar-refractivity contribution in [2.24, 2.45) is 7.05 Å². The van der Waals surface area contributed by atoms with Crippen LogP contribution in [0.25, 0.3) is 27.0 Å². The molecule has 0 amide bonds. The molecule has 30 heavy (non-hydrogen) atoms. The zero-order chi connectivity index (χ0) is 20.8. The van der Waals surface area contributed by atoms with Crippen LogP contribution in [0.5, 0.6) is 0 Å². The third-order valence-electron chi connectivity index (χ3n) is 5.36. The quantitative estimate of drug-likeness (QED) is 0.289. The Morgan fingerprint density at radius 2 is 1.97 bits per heavy atom. The molecule has 0 spiro atoms. The predicted octanol–water partition coefficient (Wildman–Crippen LogP) is 5.22. The lowest BCUT2D eigenvalue weighted by Crippen LogP contribution is -2.19. The SMILES string of the molecule is Cc1ccc(-c2csc3nc(SCc4cn5ccccc5n4)n(C)c(=O)c23)cc1C. The van der Waals surface area contributed by atoms with Gasteiger partial charge < -0.3 is 4.40 Å². The first-order valence-electron chi connectivity index (χ1n) is 9.62. The molecular formula is C23H20N4OS2. The van der Waals surface area contributed by atoms with Gasteiger partial charge in [-0.15, -0.1) is 11.3 Å². The van der Waals surface area contributed by atoms with Crippen LogP contribution in [0.15, 0.2) is 64.1 Å². The van der Waals surface area contributed by atoms with Gasteiger partial charge >= 0.3 is 0 Å². The maximum atomic E-state index is 13.2. The number of fused-ring (bicyclic) bond motifs is 2. The Labute approximate surface area is 182 Å². The molecule has 150 valence electrons. The van der Waals surface area contributed by atoms with Crippen LogP contribution < -0.4 is 5.56 Å². The van der Waals surface area contributed by atoms with E-state index in [1.165, 1.54) is 34.2 Å². The lowest BCUT2D eigenvalue weighted by molar-refractivity contribution is 0.728. The highest BCUT2D eigenvalue weighted by atomic mass is 32.2. The predicted molar refractivity (Wildman–Crippen MR) is 125 cm³/mol. The van der Waals surface area contributed by atoms with Crippen molar-refractivity contribution < 1.29 is 0 Å². The van der Waals surface area contributed by atoms with Crippen molar-refractivity contribution in [1.29, 1.82) is 0 Å². The van der Waals surface area contributed by atoms with Gasteiger partial charge in [0.25, 0.3) is 5.56 Å². The van der Waals surface area contributed by atoms with Crippen molar-refractivity contribution in [3.8, 4) is 11.1 Å². The molecule has 0 aliphatic carbocycles. The third-order valence-corrected chi connectivity index (χ3v) is 7.29. The number of hydrogen-bond acceptors (Lipinski definition) is 5. The van der Waals surface area contributed by atoms with Crippen LogP contribution >= 0.6 is 23.1 Å². The van der Waals surface area contributed by atoms with Gasteiger partial charge in [0, 0.05) is 36.1 Å². The summed E-state index contributed by atoms with van der Waals surface area (Å²) in [5, 5.41) is 3.44. The maximum absolute atomic E-state index is 13.2. The number of pyridine rings is 1. The van der Waals surface area contributed by atoms with E-state index in [1.54, 1.807) is 11.6 Å². The molecule has 0 bridgehead atoms. The Kier molecular flexibility index (Phi) is 4.72. The Morgan fingerprint density at radius 3 is 2.77 bits per heavy atom. The Bertz CT molecular complexity index is 1430. The summed E-state index contributed by atoms with van der Waals surface area (Å²) >= 11 is 3.06. The number of hydrogen-bond donors (Lipinski definition) is 0. The molecule has 0 fully saturated rings. The van der Waals surface area contributed by atoms with Crippen LogP contribution in [-0.2, 0) is 12.8 Å². The molecule has 1 aromatic carbocycles. The smallest absolute Gasteiger partial charge is 0.263 e. The minimum Gasteiger partial charge on any atom is -0.307 e. The van der Waals surface area contributed by atoms with Crippen LogP contribution in [0.3, 0.4) is 0 Å². The van der Waals surface area contributed by atoms with Crippen molar-refractivity contribution in [2.75, 3.05) is 0 Å². The molecule has 0 radical (unpaired) electrons. The summed E-state index contributed by atoms with van der Waals surface area (Å²) in [4.78, 5) is 23.4. The largest absolute Gasteiger partial charge is 0.307 e. The summed E-state index contributed by atoms with van der Waals surface area (Å²) < 4.78 is 3.65. The molecule has 0 aliphatic heterocycles. The Balaban J connectivity index is 1.50. The second kappa shape index (κ2) is 7.41. The number of aromatic nitrogens is 4. The van der Waals surface area contributed by atoms with Crippen LogP contribution in [-0.4, -0.2) is 18.9 Å². The first-order chi connectivity index (χ1) is 14.5. The second-order valence-electron chi connectivity index (χ2n) is 7.37. The third kappa shape index (κ3) is 3.24. The van der Waals surface area contributed by atoms with E-state index >= 15 is 0 Å². The molecule has 5 aromatic rings. The van der Waals surface area contributed by atoms with Gasteiger partial charge in [-0.3, -0.25) is 9.36 Å². The van der Waals surface area contributed by atoms with E-state index in [0.717, 1.165) is 27.3 Å². The molecule has 0 saturated heterocycles. The molecular weight excluding hydrogens is 412 g/mol. The summed E-state index contributed by atoms with van der Waals surface area (Å²) in [6, 6.07) is 12.3. The molecule has 0 unspecified atom stereocenters. The summed E-state index contributed by atoms with van der Waals surface area (Å²) in [5.74, 6) is 0.656. The highest BCUT2D eigenvalue weighted by Crippen LogP contribution is 2.33. The van der Waals surface area contributed by atoms with Crippen LogP contribution in [0.1, 0.15) is 16.8 Å². The molecule has 4 heterocycles. The van der Waals surface area contributed by atoms with Crippen molar-refractivity contribution in [3.05, 3.63) is 81.3 Å². The highest BCUT2D eigenvalue weighted by molar-refractivity contribution is 7.98. The minimum atomic E-state index is -0.00743. The molecule has 5 rings (SSSR count). The zero-order valence-electron chi connectivity index (χ0n) is 16.9. The van der Waals surface area contributed by atoms with Crippen molar-refractivity contribution >= 4 is 39.0 Å². The molecule has 0 N–H and O–H groups in total. The first kappa shape index (κ1) is 19.1. The van der Waals surface area contributed by atoms with Crippen molar-refractivity contribution in [1.82, 2.24) is 18.9 Å². The van der Waals surface area contributed by atoms with Gasteiger partial charge in [-0.2, -0.15) is 0 Å². The van der Waals surface area contributed by atoms with E-state index in [2.05, 4.69) is 37.0 Å². The number of aryl methyl sites for hydroxylation is 2. The summed E-state index contributed by atoms with van der Waals surface area (Å²) in [6.07, 6.45) is 4.00. The maximum Gasteiger partial charge on any atom is 0.263 e. The number of thiophene rings is 1. The summed E-state index contributed by atoms with van der Waals surface area (Å²) in [5.41, 5.74) is 6.36. The molecule has 4 aromatic heterocycles. The topological polar surface area (TPSA) is 52.2 Å². The lowest BCUT2D eigenvalue weighted by Gasteiger charge is -2.08. The van der Waals surface area contributed by atoms with Gasteiger partial charge in [0.2, 0.25) is 0 Å². The van der Waals surface area contributed by atoms with E-state index in [-0.39, 0.29) is 5.56 Å². The van der Waals surface area contributed by atoms with Crippen LogP contribution in [0.2, 0.25) is 0 Å². The molecule has 0 aliphatic rings. The van der Waals surface area contributed by atoms with E-state index in [0.29, 0.717) is 16.3 Å². The first-order valence-corrected chi connectivity index (χ1v) is 11.5. The second-order valence-corrected chi connectivity index (χ2v) is 9.17. The fourth-order valence-corrected chi connectivity index (χ4v) is 5.34. The highest BCUT2D eigenvalue weighted by Gasteiger charge is 2.16. The fraction of sp³-hybridized carbons (Fsp3) is 0.174. The number of imidazole rings is 1. The fourth-order valence-electron chi connectivity index (χ4n) is 3.50. The summed E-state index contributed by atoms with van der Waals surface area (Å²) in [6.45, 7) is 4.19. The van der Waals surface area contributed by atoms with E-state index in [9.17, 15) is 4.79 Å². The normalized spacial score (nSPS) is 11.6. The number of rotatable bonds is 4. The molecule has 5 nitrogen and oxygen atoms in total. The number of thioether (sulfide) groups is 1. The monoisotopic (exact) mass is 432 g/mol. The molecule has 0 atom stereocenters. The van der Waals surface area contributed by atoms with Gasteiger partial charge in [-0.1, -0.05) is 36.0 Å². The Hall–Kier alpha value is -2.90. The van der Waals surface area contributed by atoms with Crippen LogP contribution in [0.4, 0.5) is 0 Å². The van der Waals surface area contributed by atoms with Gasteiger partial charge in [-0.05, 0) is 42.7 Å². The van der Waals surface area contributed by atoms with Crippen LogP contribution in [0, 0.1) is 13.8 Å². The van der Waals surface area contributed by atoms with Gasteiger partial charge in [0.1, 0.15) is 10.5 Å². The summed E-state index contributed by atoms with van der Waals surface area (Å²) in [7, 11) is 1.79.